The molecule has 0 radical (unpaired) electrons. The highest BCUT2D eigenvalue weighted by atomic mass is 79.9. The SMILES string of the molecule is COC(=O)c1c(NC(=O)COc2cc(C)ccc2C)sc(C)c1-c1ccc(Br)cc1. The Morgan fingerprint density at radius 2 is 1.77 bits per heavy atom. The summed E-state index contributed by atoms with van der Waals surface area (Å²) in [6.45, 7) is 5.65. The number of aryl methyl sites for hydroxylation is 3. The number of carbonyl (C=O) groups is 2. The summed E-state index contributed by atoms with van der Waals surface area (Å²) in [4.78, 5) is 26.0. The second-order valence-corrected chi connectivity index (χ2v) is 8.98. The van der Waals surface area contributed by atoms with E-state index in [2.05, 4.69) is 21.2 Å². The third kappa shape index (κ3) is 4.91. The molecule has 0 aliphatic rings. The van der Waals surface area contributed by atoms with Crippen LogP contribution in [-0.2, 0) is 9.53 Å². The lowest BCUT2D eigenvalue weighted by atomic mass is 10.0. The van der Waals surface area contributed by atoms with Gasteiger partial charge in [-0.15, -0.1) is 11.3 Å². The highest BCUT2D eigenvalue weighted by molar-refractivity contribution is 9.10. The van der Waals surface area contributed by atoms with Gasteiger partial charge in [0.2, 0.25) is 0 Å². The highest BCUT2D eigenvalue weighted by Crippen LogP contribution is 2.40. The van der Waals surface area contributed by atoms with Crippen molar-refractivity contribution < 1.29 is 19.1 Å². The fraction of sp³-hybridized carbons (Fsp3) is 0.217. The van der Waals surface area contributed by atoms with Gasteiger partial charge < -0.3 is 14.8 Å². The number of methoxy groups -OCH3 is 1. The minimum atomic E-state index is -0.497. The third-order valence-corrected chi connectivity index (χ3v) is 6.11. The molecule has 0 atom stereocenters. The summed E-state index contributed by atoms with van der Waals surface area (Å²) in [6.07, 6.45) is 0. The Morgan fingerprint density at radius 1 is 1.07 bits per heavy atom. The lowest BCUT2D eigenvalue weighted by Gasteiger charge is -2.11. The molecule has 0 aliphatic heterocycles. The van der Waals surface area contributed by atoms with Crippen molar-refractivity contribution in [2.45, 2.75) is 20.8 Å². The minimum Gasteiger partial charge on any atom is -0.483 e. The highest BCUT2D eigenvalue weighted by Gasteiger charge is 2.25. The van der Waals surface area contributed by atoms with Gasteiger partial charge in [-0.2, -0.15) is 0 Å². The second-order valence-electron chi connectivity index (χ2n) is 6.84. The van der Waals surface area contributed by atoms with Gasteiger partial charge in [-0.1, -0.05) is 40.2 Å². The number of ether oxygens (including phenoxy) is 2. The monoisotopic (exact) mass is 487 g/mol. The van der Waals surface area contributed by atoms with E-state index in [1.165, 1.54) is 18.4 Å². The number of rotatable bonds is 6. The van der Waals surface area contributed by atoms with Crippen molar-refractivity contribution in [1.82, 2.24) is 0 Å². The molecule has 7 heteroatoms. The summed E-state index contributed by atoms with van der Waals surface area (Å²) >= 11 is 4.76. The number of hydrogen-bond donors (Lipinski definition) is 1. The van der Waals surface area contributed by atoms with Gasteiger partial charge in [0, 0.05) is 14.9 Å². The van der Waals surface area contributed by atoms with Crippen molar-refractivity contribution >= 4 is 44.1 Å². The van der Waals surface area contributed by atoms with Crippen LogP contribution in [0.5, 0.6) is 5.75 Å². The number of esters is 1. The van der Waals surface area contributed by atoms with E-state index in [9.17, 15) is 9.59 Å². The lowest BCUT2D eigenvalue weighted by molar-refractivity contribution is -0.118. The van der Waals surface area contributed by atoms with Gasteiger partial charge in [-0.25, -0.2) is 4.79 Å². The summed E-state index contributed by atoms with van der Waals surface area (Å²) in [5, 5.41) is 3.27. The van der Waals surface area contributed by atoms with Crippen LogP contribution in [0, 0.1) is 20.8 Å². The van der Waals surface area contributed by atoms with Gasteiger partial charge in [-0.05, 0) is 55.7 Å². The Kier molecular flexibility index (Phi) is 6.95. The summed E-state index contributed by atoms with van der Waals surface area (Å²) in [5.74, 6) is -0.177. The van der Waals surface area contributed by atoms with Crippen LogP contribution in [0.15, 0.2) is 46.9 Å². The Balaban J connectivity index is 1.85. The Bertz CT molecular complexity index is 1090. The zero-order valence-corrected chi connectivity index (χ0v) is 19.6. The van der Waals surface area contributed by atoms with Crippen LogP contribution in [0.3, 0.4) is 0 Å². The van der Waals surface area contributed by atoms with Crippen molar-refractivity contribution in [3.05, 3.63) is 68.5 Å². The maximum absolute atomic E-state index is 12.6. The molecule has 0 aliphatic carbocycles. The van der Waals surface area contributed by atoms with Gasteiger partial charge in [0.1, 0.15) is 16.3 Å². The van der Waals surface area contributed by atoms with Crippen molar-refractivity contribution in [3.63, 3.8) is 0 Å². The predicted molar refractivity (Wildman–Crippen MR) is 124 cm³/mol. The smallest absolute Gasteiger partial charge is 0.341 e. The van der Waals surface area contributed by atoms with E-state index in [1.807, 2.05) is 63.2 Å². The molecule has 156 valence electrons. The number of thiophene rings is 1. The quantitative estimate of drug-likeness (QED) is 0.439. The largest absolute Gasteiger partial charge is 0.483 e. The molecule has 3 aromatic rings. The number of anilines is 1. The summed E-state index contributed by atoms with van der Waals surface area (Å²) in [5.41, 5.74) is 3.98. The Labute approximate surface area is 188 Å². The van der Waals surface area contributed by atoms with Crippen LogP contribution in [0.25, 0.3) is 11.1 Å². The van der Waals surface area contributed by atoms with E-state index in [0.717, 1.165) is 31.6 Å². The molecule has 0 unspecified atom stereocenters. The zero-order valence-electron chi connectivity index (χ0n) is 17.2. The van der Waals surface area contributed by atoms with E-state index < -0.39 is 5.97 Å². The average molecular weight is 488 g/mol. The van der Waals surface area contributed by atoms with Gasteiger partial charge in [0.05, 0.1) is 7.11 Å². The zero-order chi connectivity index (χ0) is 21.8. The van der Waals surface area contributed by atoms with E-state index in [1.54, 1.807) is 0 Å². The first-order chi connectivity index (χ1) is 14.3. The van der Waals surface area contributed by atoms with E-state index in [-0.39, 0.29) is 12.5 Å². The molecule has 1 amide bonds. The first-order valence-electron chi connectivity index (χ1n) is 9.27. The molecule has 0 saturated heterocycles. The maximum Gasteiger partial charge on any atom is 0.341 e. The molecule has 0 bridgehead atoms. The lowest BCUT2D eigenvalue weighted by Crippen LogP contribution is -2.21. The van der Waals surface area contributed by atoms with Gasteiger partial charge in [-0.3, -0.25) is 4.79 Å². The Morgan fingerprint density at radius 3 is 2.43 bits per heavy atom. The molecular weight excluding hydrogens is 466 g/mol. The Hall–Kier alpha value is -2.64. The van der Waals surface area contributed by atoms with Crippen LogP contribution in [0.2, 0.25) is 0 Å². The molecule has 3 rings (SSSR count). The molecule has 1 aromatic heterocycles. The van der Waals surface area contributed by atoms with Gasteiger partial charge in [0.15, 0.2) is 6.61 Å². The summed E-state index contributed by atoms with van der Waals surface area (Å²) in [6, 6.07) is 13.5. The van der Waals surface area contributed by atoms with Gasteiger partial charge in [0.25, 0.3) is 5.91 Å². The normalized spacial score (nSPS) is 10.6. The minimum absolute atomic E-state index is 0.157. The van der Waals surface area contributed by atoms with E-state index in [0.29, 0.717) is 16.3 Å². The van der Waals surface area contributed by atoms with Gasteiger partial charge >= 0.3 is 5.97 Å². The van der Waals surface area contributed by atoms with Crippen LogP contribution in [-0.4, -0.2) is 25.6 Å². The van der Waals surface area contributed by atoms with Crippen LogP contribution < -0.4 is 10.1 Å². The standard InChI is InChI=1S/C23H22BrNO4S/c1-13-5-6-14(2)18(11-13)29-12-19(26)25-22-21(23(27)28-4)20(15(3)30-22)16-7-9-17(24)10-8-16/h5-11H,12H2,1-4H3,(H,25,26). The second kappa shape index (κ2) is 9.45. The van der Waals surface area contributed by atoms with E-state index in [4.69, 9.17) is 9.47 Å². The first-order valence-corrected chi connectivity index (χ1v) is 10.9. The molecule has 2 aromatic carbocycles. The molecule has 5 nitrogen and oxygen atoms in total. The molecule has 0 saturated carbocycles. The molecule has 0 spiro atoms. The number of nitrogens with one attached hydrogen (secondary N) is 1. The number of carbonyl (C=O) groups excluding carboxylic acids is 2. The topological polar surface area (TPSA) is 64.6 Å². The molecule has 30 heavy (non-hydrogen) atoms. The number of hydrogen-bond acceptors (Lipinski definition) is 5. The number of benzene rings is 2. The van der Waals surface area contributed by atoms with Crippen LogP contribution in [0.4, 0.5) is 5.00 Å². The fourth-order valence-corrected chi connectivity index (χ4v) is 4.41. The van der Waals surface area contributed by atoms with Crippen LogP contribution >= 0.6 is 27.3 Å². The third-order valence-electron chi connectivity index (χ3n) is 4.56. The summed E-state index contributed by atoms with van der Waals surface area (Å²) in [7, 11) is 1.33. The molecular formula is C23H22BrNO4S. The number of halogens is 1. The molecule has 1 heterocycles. The van der Waals surface area contributed by atoms with Crippen molar-refractivity contribution in [2.24, 2.45) is 0 Å². The van der Waals surface area contributed by atoms with E-state index >= 15 is 0 Å². The maximum atomic E-state index is 12.6. The fourth-order valence-electron chi connectivity index (χ4n) is 3.06. The van der Waals surface area contributed by atoms with Crippen molar-refractivity contribution in [2.75, 3.05) is 19.0 Å². The molecule has 0 fully saturated rings. The first kappa shape index (κ1) is 22.1. The summed E-state index contributed by atoms with van der Waals surface area (Å²) < 4.78 is 11.6. The molecule has 1 N–H and O–H groups in total. The van der Waals surface area contributed by atoms with Crippen LogP contribution in [0.1, 0.15) is 26.4 Å². The van der Waals surface area contributed by atoms with Crippen molar-refractivity contribution in [3.8, 4) is 16.9 Å². The number of amides is 1. The van der Waals surface area contributed by atoms with Crippen molar-refractivity contribution in [1.29, 1.82) is 0 Å². The predicted octanol–water partition coefficient (Wildman–Crippen LogP) is 5.91. The average Bonchev–Trinajstić information content (AvgIpc) is 3.04.